The third-order valence-electron chi connectivity index (χ3n) is 3.39. The molecule has 0 bridgehead atoms. The molecule has 1 heterocycles. The van der Waals surface area contributed by atoms with Gasteiger partial charge in [-0.05, 0) is 35.9 Å². The summed E-state index contributed by atoms with van der Waals surface area (Å²) in [5.74, 6) is -0.0650. The summed E-state index contributed by atoms with van der Waals surface area (Å²) in [6.45, 7) is 1.30. The van der Waals surface area contributed by atoms with E-state index >= 15 is 0 Å². The predicted octanol–water partition coefficient (Wildman–Crippen LogP) is 2.97. The summed E-state index contributed by atoms with van der Waals surface area (Å²) in [7, 11) is 1.48. The van der Waals surface area contributed by atoms with E-state index in [0.29, 0.717) is 11.3 Å². The molecule has 0 unspecified atom stereocenters. The summed E-state index contributed by atoms with van der Waals surface area (Å²) in [5, 5.41) is 0. The van der Waals surface area contributed by atoms with Crippen LogP contribution in [-0.2, 0) is 14.3 Å². The van der Waals surface area contributed by atoms with Crippen LogP contribution in [0.25, 0.3) is 6.08 Å². The number of hydrogen-bond acceptors (Lipinski definition) is 6. The Labute approximate surface area is 144 Å². The van der Waals surface area contributed by atoms with Gasteiger partial charge in [0.25, 0.3) is 0 Å². The number of nitrogens with zero attached hydrogens (tertiary/aromatic N) is 1. The lowest BCUT2D eigenvalue weighted by Gasteiger charge is -2.08. The second-order valence-electron chi connectivity index (χ2n) is 5.21. The van der Waals surface area contributed by atoms with Crippen molar-refractivity contribution in [2.75, 3.05) is 7.11 Å². The van der Waals surface area contributed by atoms with E-state index in [1.165, 1.54) is 14.0 Å². The third kappa shape index (κ3) is 3.74. The van der Waals surface area contributed by atoms with Gasteiger partial charge in [-0.1, -0.05) is 24.3 Å². The first-order chi connectivity index (χ1) is 12.1. The largest absolute Gasteiger partial charge is 0.493 e. The zero-order valence-corrected chi connectivity index (χ0v) is 13.7. The third-order valence-corrected chi connectivity index (χ3v) is 3.39. The Hall–Kier alpha value is -3.41. The lowest BCUT2D eigenvalue weighted by molar-refractivity contribution is -0.132. The number of rotatable bonds is 4. The molecular formula is C19H15NO5. The van der Waals surface area contributed by atoms with Crippen molar-refractivity contribution in [1.29, 1.82) is 0 Å². The van der Waals surface area contributed by atoms with Gasteiger partial charge in [-0.25, -0.2) is 9.79 Å². The maximum absolute atomic E-state index is 12.0. The van der Waals surface area contributed by atoms with E-state index in [9.17, 15) is 9.59 Å². The van der Waals surface area contributed by atoms with Gasteiger partial charge in [-0.15, -0.1) is 0 Å². The molecule has 0 saturated heterocycles. The van der Waals surface area contributed by atoms with Crippen molar-refractivity contribution >= 4 is 23.9 Å². The van der Waals surface area contributed by atoms with Gasteiger partial charge in [0, 0.05) is 12.5 Å². The second kappa shape index (κ2) is 7.00. The van der Waals surface area contributed by atoms with Crippen LogP contribution in [0.3, 0.4) is 0 Å². The van der Waals surface area contributed by atoms with E-state index in [0.717, 1.165) is 5.56 Å². The molecule has 0 spiro atoms. The first-order valence-corrected chi connectivity index (χ1v) is 7.51. The van der Waals surface area contributed by atoms with Crippen LogP contribution in [0.1, 0.15) is 18.1 Å². The minimum Gasteiger partial charge on any atom is -0.493 e. The Kier molecular flexibility index (Phi) is 4.61. The Bertz CT molecular complexity index is 884. The standard InChI is InChI=1S/C19H15NO5/c1-12(21)24-17-11-13(8-9-16(17)23-2)10-15-19(22)25-18(20-15)14-6-4-3-5-7-14/h3-11H,1-2H3/b15-10-. The minimum absolute atomic E-state index is 0.165. The fourth-order valence-electron chi connectivity index (χ4n) is 2.29. The highest BCUT2D eigenvalue weighted by molar-refractivity contribution is 6.12. The van der Waals surface area contributed by atoms with Crippen molar-refractivity contribution in [3.63, 3.8) is 0 Å². The molecule has 0 fully saturated rings. The molecule has 1 aliphatic rings. The first-order valence-electron chi connectivity index (χ1n) is 7.51. The SMILES string of the molecule is COc1ccc(/C=C2\N=C(c3ccccc3)OC2=O)cc1OC(C)=O. The van der Waals surface area contributed by atoms with Gasteiger partial charge in [0.05, 0.1) is 7.11 Å². The highest BCUT2D eigenvalue weighted by atomic mass is 16.6. The Morgan fingerprint density at radius 3 is 2.56 bits per heavy atom. The normalized spacial score (nSPS) is 14.9. The number of hydrogen-bond donors (Lipinski definition) is 0. The van der Waals surface area contributed by atoms with Crippen LogP contribution < -0.4 is 9.47 Å². The average molecular weight is 337 g/mol. The highest BCUT2D eigenvalue weighted by Gasteiger charge is 2.24. The van der Waals surface area contributed by atoms with Crippen molar-refractivity contribution in [2.45, 2.75) is 6.92 Å². The zero-order chi connectivity index (χ0) is 17.8. The fraction of sp³-hybridized carbons (Fsp3) is 0.105. The van der Waals surface area contributed by atoms with E-state index in [1.54, 1.807) is 36.4 Å². The summed E-state index contributed by atoms with van der Waals surface area (Å²) >= 11 is 0. The van der Waals surface area contributed by atoms with Gasteiger partial charge in [0.2, 0.25) is 5.90 Å². The number of ether oxygens (including phenoxy) is 3. The summed E-state index contributed by atoms with van der Waals surface area (Å²) in [6.07, 6.45) is 1.56. The molecule has 0 amide bonds. The lowest BCUT2D eigenvalue weighted by Crippen LogP contribution is -2.05. The lowest BCUT2D eigenvalue weighted by atomic mass is 10.1. The first kappa shape index (κ1) is 16.4. The van der Waals surface area contributed by atoms with Crippen molar-refractivity contribution in [2.24, 2.45) is 4.99 Å². The van der Waals surface area contributed by atoms with Crippen molar-refractivity contribution in [3.05, 3.63) is 65.4 Å². The summed E-state index contributed by atoms with van der Waals surface area (Å²) in [5.41, 5.74) is 1.51. The summed E-state index contributed by atoms with van der Waals surface area (Å²) in [4.78, 5) is 27.5. The quantitative estimate of drug-likeness (QED) is 0.487. The molecule has 6 nitrogen and oxygen atoms in total. The monoisotopic (exact) mass is 337 g/mol. The number of esters is 2. The minimum atomic E-state index is -0.538. The maximum atomic E-state index is 12.0. The van der Waals surface area contributed by atoms with Crippen LogP contribution in [0.15, 0.2) is 59.2 Å². The molecule has 0 N–H and O–H groups in total. The van der Waals surface area contributed by atoms with Gasteiger partial charge in [0.1, 0.15) is 0 Å². The van der Waals surface area contributed by atoms with E-state index in [1.807, 2.05) is 18.2 Å². The molecule has 2 aromatic carbocycles. The molecule has 1 aliphatic heterocycles. The number of cyclic esters (lactones) is 1. The molecule has 3 rings (SSSR count). The molecule has 0 atom stereocenters. The van der Waals surface area contributed by atoms with Crippen LogP contribution in [0.5, 0.6) is 11.5 Å². The van der Waals surface area contributed by atoms with Gasteiger partial charge >= 0.3 is 11.9 Å². The van der Waals surface area contributed by atoms with Gasteiger partial charge in [-0.2, -0.15) is 0 Å². The molecule has 0 aromatic heterocycles. The Morgan fingerprint density at radius 1 is 1.12 bits per heavy atom. The number of carbonyl (C=O) groups excluding carboxylic acids is 2. The molecule has 0 radical (unpaired) electrons. The van der Waals surface area contributed by atoms with E-state index in [2.05, 4.69) is 4.99 Å². The number of aliphatic imine (C=N–C) groups is 1. The van der Waals surface area contributed by atoms with Crippen LogP contribution in [0.4, 0.5) is 0 Å². The molecule has 2 aromatic rings. The molecule has 0 saturated carbocycles. The molecule has 25 heavy (non-hydrogen) atoms. The molecule has 0 aliphatic carbocycles. The second-order valence-corrected chi connectivity index (χ2v) is 5.21. The van der Waals surface area contributed by atoms with Crippen LogP contribution in [-0.4, -0.2) is 24.9 Å². The van der Waals surface area contributed by atoms with E-state index in [4.69, 9.17) is 14.2 Å². The van der Waals surface area contributed by atoms with Gasteiger partial charge in [0.15, 0.2) is 17.2 Å². The van der Waals surface area contributed by atoms with Gasteiger partial charge < -0.3 is 14.2 Å². The number of benzene rings is 2. The van der Waals surface area contributed by atoms with Crippen molar-refractivity contribution in [3.8, 4) is 11.5 Å². The molecule has 126 valence electrons. The van der Waals surface area contributed by atoms with Crippen molar-refractivity contribution < 1.29 is 23.8 Å². The molecule has 6 heteroatoms. The number of methoxy groups -OCH3 is 1. The van der Waals surface area contributed by atoms with Gasteiger partial charge in [-0.3, -0.25) is 4.79 Å². The molecular weight excluding hydrogens is 322 g/mol. The summed E-state index contributed by atoms with van der Waals surface area (Å²) < 4.78 is 15.5. The number of carbonyl (C=O) groups is 2. The Balaban J connectivity index is 1.93. The van der Waals surface area contributed by atoms with Crippen LogP contribution in [0, 0.1) is 0 Å². The van der Waals surface area contributed by atoms with Crippen molar-refractivity contribution in [1.82, 2.24) is 0 Å². The fourth-order valence-corrected chi connectivity index (χ4v) is 2.29. The summed E-state index contributed by atoms with van der Waals surface area (Å²) in [6, 6.07) is 14.1. The van der Waals surface area contributed by atoms with E-state index < -0.39 is 11.9 Å². The highest BCUT2D eigenvalue weighted by Crippen LogP contribution is 2.30. The van der Waals surface area contributed by atoms with Crippen LogP contribution >= 0.6 is 0 Å². The van der Waals surface area contributed by atoms with Crippen LogP contribution in [0.2, 0.25) is 0 Å². The maximum Gasteiger partial charge on any atom is 0.363 e. The smallest absolute Gasteiger partial charge is 0.363 e. The predicted molar refractivity (Wildman–Crippen MR) is 91.4 cm³/mol. The Morgan fingerprint density at radius 2 is 1.88 bits per heavy atom. The zero-order valence-electron chi connectivity index (χ0n) is 13.7. The average Bonchev–Trinajstić information content (AvgIpc) is 2.96. The topological polar surface area (TPSA) is 74.2 Å². The van der Waals surface area contributed by atoms with E-state index in [-0.39, 0.29) is 17.3 Å².